The van der Waals surface area contributed by atoms with E-state index in [4.69, 9.17) is 0 Å². The van der Waals surface area contributed by atoms with Crippen LogP contribution >= 0.6 is 0 Å². The Balaban J connectivity index is 1.52. The Morgan fingerprint density at radius 3 is 2.29 bits per heavy atom. The summed E-state index contributed by atoms with van der Waals surface area (Å²) in [7, 11) is -4.31. The normalized spacial score (nSPS) is 20.6. The van der Waals surface area contributed by atoms with E-state index in [2.05, 4.69) is 9.97 Å². The minimum absolute atomic E-state index is 0.00914. The average molecular weight is 558 g/mol. The van der Waals surface area contributed by atoms with Gasteiger partial charge in [0.15, 0.2) is 5.78 Å². The van der Waals surface area contributed by atoms with Crippen molar-refractivity contribution in [2.24, 2.45) is 0 Å². The molecule has 2 heterocycles. The third-order valence-electron chi connectivity index (χ3n) is 6.35. The van der Waals surface area contributed by atoms with Crippen molar-refractivity contribution in [2.75, 3.05) is 0 Å². The molecule has 0 radical (unpaired) electrons. The molecule has 0 N–H and O–H groups in total. The van der Waals surface area contributed by atoms with Crippen molar-refractivity contribution in [3.8, 4) is 11.1 Å². The van der Waals surface area contributed by atoms with Gasteiger partial charge in [0.05, 0.1) is 17.0 Å². The maximum absolute atomic E-state index is 14.6. The van der Waals surface area contributed by atoms with Gasteiger partial charge in [0.2, 0.25) is 15.8 Å². The molecule has 0 saturated carbocycles. The summed E-state index contributed by atoms with van der Waals surface area (Å²) in [5.41, 5.74) is 0.345. The fourth-order valence-corrected chi connectivity index (χ4v) is 6.17. The number of ketones is 1. The van der Waals surface area contributed by atoms with E-state index in [-0.39, 0.29) is 35.3 Å². The van der Waals surface area contributed by atoms with Crippen LogP contribution in [0.2, 0.25) is 0 Å². The highest BCUT2D eigenvalue weighted by molar-refractivity contribution is 7.89. The maximum Gasteiger partial charge on any atom is 0.451 e. The fraction of sp³-hybridized carbons (Fsp3) is 0.320. The molecule has 1 fully saturated rings. The van der Waals surface area contributed by atoms with Crippen LogP contribution in [0.15, 0.2) is 59.8 Å². The van der Waals surface area contributed by atoms with Crippen LogP contribution in [-0.4, -0.2) is 46.7 Å². The molecule has 1 aromatic heterocycles. The predicted molar refractivity (Wildman–Crippen MR) is 124 cm³/mol. The third kappa shape index (κ3) is 5.58. The minimum atomic E-state index is -4.76. The summed E-state index contributed by atoms with van der Waals surface area (Å²) in [6.07, 6.45) is -5.22. The van der Waals surface area contributed by atoms with Gasteiger partial charge in [0, 0.05) is 36.4 Å². The highest BCUT2D eigenvalue weighted by Gasteiger charge is 2.48. The zero-order valence-electron chi connectivity index (χ0n) is 19.8. The number of benzene rings is 2. The Bertz CT molecular complexity index is 1430. The standard InChI is InChI=1S/C25H21F6N3O3S/c1-14-21(28)11-22(34(14)38(36,37)18-6-4-17(26)5-7-18)23(35)9-3-15-2-8-20(27)19(10-15)16-12-32-24(33-13-16)25(29,30)31/h2,4-8,10,12-14,21-22H,3,9,11H2,1H3/t14-,21+,22-/m0/s1. The number of Topliss-reactive ketones (excluding diaryl/α,β-unsaturated/α-hetero) is 1. The van der Waals surface area contributed by atoms with Gasteiger partial charge < -0.3 is 0 Å². The molecule has 1 saturated heterocycles. The van der Waals surface area contributed by atoms with E-state index in [1.807, 2.05) is 0 Å². The maximum atomic E-state index is 14.6. The highest BCUT2D eigenvalue weighted by Crippen LogP contribution is 2.34. The van der Waals surface area contributed by atoms with Crippen molar-refractivity contribution < 1.29 is 39.6 Å². The van der Waals surface area contributed by atoms with Crippen molar-refractivity contribution in [1.82, 2.24) is 14.3 Å². The van der Waals surface area contributed by atoms with Gasteiger partial charge in [-0.05, 0) is 55.3 Å². The molecule has 0 unspecified atom stereocenters. The highest BCUT2D eigenvalue weighted by atomic mass is 32.2. The van der Waals surface area contributed by atoms with E-state index >= 15 is 0 Å². The topological polar surface area (TPSA) is 80.2 Å². The first kappa shape index (κ1) is 27.7. The number of nitrogens with zero attached hydrogens (tertiary/aromatic N) is 3. The van der Waals surface area contributed by atoms with Crippen LogP contribution in [0, 0.1) is 11.6 Å². The number of aromatic nitrogens is 2. The zero-order valence-corrected chi connectivity index (χ0v) is 20.6. The van der Waals surface area contributed by atoms with Gasteiger partial charge in [-0.15, -0.1) is 0 Å². The predicted octanol–water partition coefficient (Wildman–Crippen LogP) is 5.13. The smallest absolute Gasteiger partial charge is 0.298 e. The van der Waals surface area contributed by atoms with E-state index in [1.165, 1.54) is 19.1 Å². The summed E-state index contributed by atoms with van der Waals surface area (Å²) < 4.78 is 108. The van der Waals surface area contributed by atoms with Crippen LogP contribution in [0.4, 0.5) is 26.3 Å². The summed E-state index contributed by atoms with van der Waals surface area (Å²) in [6.45, 7) is 1.34. The number of hydrogen-bond donors (Lipinski definition) is 0. The number of aryl methyl sites for hydroxylation is 1. The Kier molecular flexibility index (Phi) is 7.62. The summed E-state index contributed by atoms with van der Waals surface area (Å²) in [4.78, 5) is 19.2. The second kappa shape index (κ2) is 10.4. The van der Waals surface area contributed by atoms with E-state index in [0.717, 1.165) is 47.0 Å². The van der Waals surface area contributed by atoms with Gasteiger partial charge in [-0.25, -0.2) is 31.6 Å². The molecule has 0 spiro atoms. The number of carbonyl (C=O) groups is 1. The number of carbonyl (C=O) groups excluding carboxylic acids is 1. The van der Waals surface area contributed by atoms with Crippen LogP contribution in [0.25, 0.3) is 11.1 Å². The molecular weight excluding hydrogens is 536 g/mol. The zero-order chi connectivity index (χ0) is 27.8. The molecule has 2 aromatic carbocycles. The molecule has 0 aliphatic carbocycles. The van der Waals surface area contributed by atoms with Crippen molar-refractivity contribution in [3.05, 3.63) is 77.9 Å². The molecule has 0 bridgehead atoms. The molecule has 6 nitrogen and oxygen atoms in total. The van der Waals surface area contributed by atoms with Gasteiger partial charge in [-0.3, -0.25) is 4.79 Å². The molecule has 0 amide bonds. The van der Waals surface area contributed by atoms with Crippen LogP contribution in [0.3, 0.4) is 0 Å². The number of alkyl halides is 4. The molecular formula is C25H21F6N3O3S. The quantitative estimate of drug-likeness (QED) is 0.377. The molecule has 4 rings (SSSR count). The van der Waals surface area contributed by atoms with Gasteiger partial charge in [0.1, 0.15) is 17.8 Å². The number of sulfonamides is 1. The Morgan fingerprint density at radius 2 is 1.68 bits per heavy atom. The molecule has 3 aromatic rings. The van der Waals surface area contributed by atoms with Crippen LogP contribution in [0.1, 0.15) is 31.2 Å². The van der Waals surface area contributed by atoms with Gasteiger partial charge in [-0.2, -0.15) is 17.5 Å². The first-order valence-electron chi connectivity index (χ1n) is 11.4. The lowest BCUT2D eigenvalue weighted by Gasteiger charge is -2.26. The van der Waals surface area contributed by atoms with Crippen LogP contribution < -0.4 is 0 Å². The van der Waals surface area contributed by atoms with Gasteiger partial charge in [-0.1, -0.05) is 6.07 Å². The van der Waals surface area contributed by atoms with E-state index in [0.29, 0.717) is 5.56 Å². The van der Waals surface area contributed by atoms with Crippen LogP contribution in [-0.2, 0) is 27.4 Å². The Morgan fingerprint density at radius 1 is 1.05 bits per heavy atom. The van der Waals surface area contributed by atoms with E-state index in [1.54, 1.807) is 0 Å². The SMILES string of the molecule is C[C@H]1[C@H](F)C[C@@H](C(=O)CCc2ccc(F)c(-c3cnc(C(F)(F)F)nc3)c2)N1S(=O)(=O)c1ccc(F)cc1. The minimum Gasteiger partial charge on any atom is -0.298 e. The number of rotatable bonds is 7. The number of hydrogen-bond acceptors (Lipinski definition) is 5. The first-order valence-corrected chi connectivity index (χ1v) is 12.9. The second-order valence-corrected chi connectivity index (χ2v) is 10.7. The largest absolute Gasteiger partial charge is 0.451 e. The Labute approximate surface area is 214 Å². The summed E-state index contributed by atoms with van der Waals surface area (Å²) in [6, 6.07) is 5.33. The summed E-state index contributed by atoms with van der Waals surface area (Å²) in [5.74, 6) is -3.34. The average Bonchev–Trinajstić information content (AvgIpc) is 3.18. The summed E-state index contributed by atoms with van der Waals surface area (Å²) >= 11 is 0. The van der Waals surface area contributed by atoms with E-state index < -0.39 is 57.7 Å². The lowest BCUT2D eigenvalue weighted by molar-refractivity contribution is -0.145. The Hall–Kier alpha value is -3.32. The molecule has 13 heteroatoms. The third-order valence-corrected chi connectivity index (χ3v) is 8.36. The fourth-order valence-electron chi connectivity index (χ4n) is 4.34. The van der Waals surface area contributed by atoms with Crippen LogP contribution in [0.5, 0.6) is 0 Å². The second-order valence-electron chi connectivity index (χ2n) is 8.87. The lowest BCUT2D eigenvalue weighted by Crippen LogP contribution is -2.44. The molecule has 1 aliphatic rings. The molecule has 38 heavy (non-hydrogen) atoms. The van der Waals surface area contributed by atoms with Crippen molar-refractivity contribution in [1.29, 1.82) is 0 Å². The monoisotopic (exact) mass is 557 g/mol. The molecule has 202 valence electrons. The number of halogens is 6. The molecule has 3 atom stereocenters. The lowest BCUT2D eigenvalue weighted by atomic mass is 9.99. The first-order chi connectivity index (χ1) is 17.8. The van der Waals surface area contributed by atoms with Gasteiger partial charge >= 0.3 is 6.18 Å². The summed E-state index contributed by atoms with van der Waals surface area (Å²) in [5, 5.41) is 0. The molecule has 1 aliphatic heterocycles. The van der Waals surface area contributed by atoms with Crippen molar-refractivity contribution in [2.45, 2.75) is 55.5 Å². The van der Waals surface area contributed by atoms with Gasteiger partial charge in [0.25, 0.3) is 0 Å². The van der Waals surface area contributed by atoms with Crippen molar-refractivity contribution >= 4 is 15.8 Å². The van der Waals surface area contributed by atoms with Crippen molar-refractivity contribution in [3.63, 3.8) is 0 Å². The van der Waals surface area contributed by atoms with E-state index in [9.17, 15) is 39.6 Å².